The van der Waals surface area contributed by atoms with E-state index >= 15 is 0 Å². The van der Waals surface area contributed by atoms with Gasteiger partial charge in [-0.1, -0.05) is 48.5 Å². The van der Waals surface area contributed by atoms with Gasteiger partial charge in [0.25, 0.3) is 5.91 Å². The van der Waals surface area contributed by atoms with Crippen molar-refractivity contribution >= 4 is 29.3 Å². The van der Waals surface area contributed by atoms with Crippen molar-refractivity contribution in [2.45, 2.75) is 6.92 Å². The van der Waals surface area contributed by atoms with Gasteiger partial charge < -0.3 is 9.47 Å². The fraction of sp³-hybridized carbons (Fsp3) is 0.111. The summed E-state index contributed by atoms with van der Waals surface area (Å²) >= 11 is 0. The van der Waals surface area contributed by atoms with Gasteiger partial charge in [0.2, 0.25) is 0 Å². The first-order chi connectivity index (χ1) is 15.6. The minimum Gasteiger partial charge on any atom is -0.497 e. The molecule has 1 aliphatic rings. The van der Waals surface area contributed by atoms with Gasteiger partial charge in [-0.15, -0.1) is 0 Å². The van der Waals surface area contributed by atoms with E-state index in [2.05, 4.69) is 0 Å². The molecule has 3 aromatic carbocycles. The lowest BCUT2D eigenvalue weighted by Crippen LogP contribution is -2.25. The zero-order chi connectivity index (χ0) is 22.5. The molecule has 0 saturated heterocycles. The molecule has 0 aromatic heterocycles. The van der Waals surface area contributed by atoms with Gasteiger partial charge in [-0.2, -0.15) is 0 Å². The first-order valence-corrected chi connectivity index (χ1v) is 10.3. The summed E-state index contributed by atoms with van der Waals surface area (Å²) in [7, 11) is 1.62. The SMILES string of the molecule is CCOC(=O)c1cccc(N2C(=O)/C(=C/c3ccc(OC)cc3)C=C2c2ccccc2)c1. The highest BCUT2D eigenvalue weighted by atomic mass is 16.5. The number of anilines is 1. The van der Waals surface area contributed by atoms with Gasteiger partial charge in [-0.05, 0) is 60.5 Å². The monoisotopic (exact) mass is 425 g/mol. The Morgan fingerprint density at radius 1 is 0.969 bits per heavy atom. The van der Waals surface area contributed by atoms with Gasteiger partial charge in [0, 0.05) is 5.57 Å². The number of carbonyl (C=O) groups is 2. The third-order valence-corrected chi connectivity index (χ3v) is 5.11. The Kier molecular flexibility index (Phi) is 6.17. The topological polar surface area (TPSA) is 55.8 Å². The molecule has 0 saturated carbocycles. The highest BCUT2D eigenvalue weighted by Crippen LogP contribution is 2.35. The lowest BCUT2D eigenvalue weighted by molar-refractivity contribution is -0.113. The number of amides is 1. The predicted octanol–water partition coefficient (Wildman–Crippen LogP) is 5.34. The van der Waals surface area contributed by atoms with Gasteiger partial charge in [-0.3, -0.25) is 9.69 Å². The second-order valence-electron chi connectivity index (χ2n) is 7.18. The van der Waals surface area contributed by atoms with Crippen LogP contribution in [0.2, 0.25) is 0 Å². The van der Waals surface area contributed by atoms with E-state index in [0.717, 1.165) is 22.6 Å². The zero-order valence-corrected chi connectivity index (χ0v) is 17.9. The summed E-state index contributed by atoms with van der Waals surface area (Å²) < 4.78 is 10.3. The highest BCUT2D eigenvalue weighted by molar-refractivity contribution is 6.23. The zero-order valence-electron chi connectivity index (χ0n) is 17.9. The van der Waals surface area contributed by atoms with Crippen LogP contribution in [0, 0.1) is 0 Å². The standard InChI is InChI=1S/C27H23NO4/c1-3-32-27(30)21-10-7-11-23(17-21)28-25(20-8-5-4-6-9-20)18-22(26(28)29)16-19-12-14-24(31-2)15-13-19/h4-18H,3H2,1-2H3/b22-16+. The summed E-state index contributed by atoms with van der Waals surface area (Å²) in [5.74, 6) is 0.170. The number of carbonyl (C=O) groups excluding carboxylic acids is 2. The number of nitrogens with zero attached hydrogens (tertiary/aromatic N) is 1. The average Bonchev–Trinajstić information content (AvgIpc) is 3.16. The first-order valence-electron chi connectivity index (χ1n) is 10.3. The van der Waals surface area contributed by atoms with Crippen molar-refractivity contribution in [3.05, 3.63) is 107 Å². The van der Waals surface area contributed by atoms with E-state index in [9.17, 15) is 9.59 Å². The largest absolute Gasteiger partial charge is 0.497 e. The van der Waals surface area contributed by atoms with Crippen LogP contribution in [0.1, 0.15) is 28.4 Å². The van der Waals surface area contributed by atoms with Crippen LogP contribution in [0.4, 0.5) is 5.69 Å². The van der Waals surface area contributed by atoms with Crippen molar-refractivity contribution in [1.82, 2.24) is 0 Å². The van der Waals surface area contributed by atoms with Crippen molar-refractivity contribution in [3.8, 4) is 5.75 Å². The maximum atomic E-state index is 13.5. The molecule has 0 bridgehead atoms. The van der Waals surface area contributed by atoms with Gasteiger partial charge in [-0.25, -0.2) is 4.79 Å². The fourth-order valence-corrected chi connectivity index (χ4v) is 3.56. The molecule has 0 fully saturated rings. The number of hydrogen-bond donors (Lipinski definition) is 0. The van der Waals surface area contributed by atoms with Crippen LogP contribution >= 0.6 is 0 Å². The van der Waals surface area contributed by atoms with Gasteiger partial charge >= 0.3 is 5.97 Å². The molecule has 0 radical (unpaired) electrons. The summed E-state index contributed by atoms with van der Waals surface area (Å²) in [5, 5.41) is 0. The van der Waals surface area contributed by atoms with Crippen molar-refractivity contribution in [2.24, 2.45) is 0 Å². The first kappa shape index (κ1) is 21.1. The van der Waals surface area contributed by atoms with Crippen molar-refractivity contribution in [3.63, 3.8) is 0 Å². The molecule has 0 atom stereocenters. The molecule has 160 valence electrons. The quantitative estimate of drug-likeness (QED) is 0.395. The Hall–Kier alpha value is -4.12. The van der Waals surface area contributed by atoms with Gasteiger partial charge in [0.05, 0.1) is 30.7 Å². The predicted molar refractivity (Wildman–Crippen MR) is 125 cm³/mol. The molecule has 3 aromatic rings. The van der Waals surface area contributed by atoms with E-state index in [1.165, 1.54) is 0 Å². The van der Waals surface area contributed by atoms with Gasteiger partial charge in [0.1, 0.15) is 5.75 Å². The Balaban J connectivity index is 1.77. The second-order valence-corrected chi connectivity index (χ2v) is 7.18. The maximum Gasteiger partial charge on any atom is 0.338 e. The molecule has 0 spiro atoms. The van der Waals surface area contributed by atoms with Crippen molar-refractivity contribution < 1.29 is 19.1 Å². The molecule has 1 amide bonds. The van der Waals surface area contributed by atoms with Crippen LogP contribution in [-0.2, 0) is 9.53 Å². The number of methoxy groups -OCH3 is 1. The minimum atomic E-state index is -0.416. The van der Waals surface area contributed by atoms with Crippen LogP contribution in [0.15, 0.2) is 90.5 Å². The maximum absolute atomic E-state index is 13.5. The summed E-state index contributed by atoms with van der Waals surface area (Å²) in [4.78, 5) is 27.4. The van der Waals surface area contributed by atoms with Crippen LogP contribution in [0.3, 0.4) is 0 Å². The highest BCUT2D eigenvalue weighted by Gasteiger charge is 2.30. The van der Waals surface area contributed by atoms with E-state index in [0.29, 0.717) is 16.8 Å². The molecule has 5 heteroatoms. The number of rotatable bonds is 6. The Morgan fingerprint density at radius 2 is 1.72 bits per heavy atom. The van der Waals surface area contributed by atoms with Crippen LogP contribution in [-0.4, -0.2) is 25.6 Å². The number of benzene rings is 3. The molecule has 0 unspecified atom stereocenters. The lowest BCUT2D eigenvalue weighted by Gasteiger charge is -2.21. The molecule has 0 N–H and O–H groups in total. The van der Waals surface area contributed by atoms with Crippen molar-refractivity contribution in [1.29, 1.82) is 0 Å². The van der Waals surface area contributed by atoms with Crippen molar-refractivity contribution in [2.75, 3.05) is 18.6 Å². The Bertz CT molecular complexity index is 1190. The Labute approximate surface area is 187 Å². The third kappa shape index (κ3) is 4.32. The smallest absolute Gasteiger partial charge is 0.338 e. The molecule has 1 aliphatic heterocycles. The summed E-state index contributed by atoms with van der Waals surface area (Å²) in [6.07, 6.45) is 3.72. The Morgan fingerprint density at radius 3 is 2.41 bits per heavy atom. The fourth-order valence-electron chi connectivity index (χ4n) is 3.56. The molecule has 4 rings (SSSR count). The van der Waals surface area contributed by atoms with Gasteiger partial charge in [0.15, 0.2) is 0 Å². The molecule has 32 heavy (non-hydrogen) atoms. The van der Waals surface area contributed by atoms with Crippen LogP contribution in [0.5, 0.6) is 5.75 Å². The number of hydrogen-bond acceptors (Lipinski definition) is 4. The van der Waals surface area contributed by atoms with E-state index in [1.807, 2.05) is 72.8 Å². The number of ether oxygens (including phenoxy) is 2. The second kappa shape index (κ2) is 9.35. The van der Waals surface area contributed by atoms with Crippen LogP contribution < -0.4 is 9.64 Å². The van der Waals surface area contributed by atoms with E-state index in [-0.39, 0.29) is 12.5 Å². The van der Waals surface area contributed by atoms with E-state index in [4.69, 9.17) is 9.47 Å². The van der Waals surface area contributed by atoms with Crippen LogP contribution in [0.25, 0.3) is 11.8 Å². The number of esters is 1. The minimum absolute atomic E-state index is 0.166. The summed E-state index contributed by atoms with van der Waals surface area (Å²) in [5.41, 5.74) is 4.10. The normalized spacial score (nSPS) is 14.4. The summed E-state index contributed by atoms with van der Waals surface area (Å²) in [6, 6.07) is 24.1. The average molecular weight is 425 g/mol. The molecule has 0 aliphatic carbocycles. The molecular weight excluding hydrogens is 402 g/mol. The molecule has 5 nitrogen and oxygen atoms in total. The molecular formula is C27H23NO4. The lowest BCUT2D eigenvalue weighted by atomic mass is 10.1. The van der Waals surface area contributed by atoms with E-state index < -0.39 is 5.97 Å². The van der Waals surface area contributed by atoms with E-state index in [1.54, 1.807) is 37.1 Å². The third-order valence-electron chi connectivity index (χ3n) is 5.11. The molecule has 1 heterocycles. The summed E-state index contributed by atoms with van der Waals surface area (Å²) in [6.45, 7) is 2.05.